The zero-order valence-corrected chi connectivity index (χ0v) is 16.5. The highest BCUT2D eigenvalue weighted by Crippen LogP contribution is 2.21. The fourth-order valence-corrected chi connectivity index (χ4v) is 3.74. The second-order valence-electron chi connectivity index (χ2n) is 6.37. The van der Waals surface area contributed by atoms with Crippen molar-refractivity contribution in [3.05, 3.63) is 72.1 Å². The van der Waals surface area contributed by atoms with E-state index >= 15 is 0 Å². The van der Waals surface area contributed by atoms with Gasteiger partial charge in [-0.05, 0) is 49.4 Å². The Morgan fingerprint density at radius 2 is 1.83 bits per heavy atom. The van der Waals surface area contributed by atoms with Gasteiger partial charge in [-0.15, -0.1) is 0 Å². The number of amides is 1. The van der Waals surface area contributed by atoms with Gasteiger partial charge >= 0.3 is 6.18 Å². The molecule has 0 saturated carbocycles. The van der Waals surface area contributed by atoms with Crippen molar-refractivity contribution in [3.8, 4) is 5.69 Å². The monoisotopic (exact) mass is 438 g/mol. The number of hydrogen-bond acceptors (Lipinski definition) is 4. The lowest BCUT2D eigenvalue weighted by molar-refractivity contribution is -0.123. The van der Waals surface area contributed by atoms with Crippen LogP contribution in [0.3, 0.4) is 0 Å². The van der Waals surface area contributed by atoms with Gasteiger partial charge in [0, 0.05) is 17.5 Å². The van der Waals surface area contributed by atoms with Crippen molar-refractivity contribution in [2.45, 2.75) is 18.0 Å². The second kappa shape index (κ2) is 8.19. The van der Waals surface area contributed by atoms with E-state index in [-0.39, 0.29) is 16.1 Å². The summed E-state index contributed by atoms with van der Waals surface area (Å²) < 4.78 is 66.3. The number of nitrogens with zero attached hydrogens (tertiary/aromatic N) is 2. The van der Waals surface area contributed by atoms with E-state index in [0.29, 0.717) is 5.69 Å². The molecular weight excluding hydrogens is 421 g/mol. The fraction of sp³-hybridized carbons (Fsp3) is 0.158. The molecule has 0 unspecified atom stereocenters. The number of aromatic nitrogens is 2. The lowest BCUT2D eigenvalue weighted by atomic mass is 10.2. The van der Waals surface area contributed by atoms with Crippen LogP contribution in [0.25, 0.3) is 5.69 Å². The first-order valence-electron chi connectivity index (χ1n) is 8.64. The molecule has 0 spiro atoms. The number of hydrogen-bond donors (Lipinski definition) is 2. The van der Waals surface area contributed by atoms with Crippen LogP contribution in [-0.4, -0.2) is 36.8 Å². The van der Waals surface area contributed by atoms with Gasteiger partial charge in [-0.1, -0.05) is 12.1 Å². The summed E-state index contributed by atoms with van der Waals surface area (Å²) in [5.41, 5.74) is 1.54. The standard InChI is InChI=1S/C19H17F3N4O3S/c1-13-8-9-24-26(13)16-6-3-5-15(11-16)25-30(28,29)17-7-2-4-14(10-17)18(27)23-12-19(20,21)22/h2-11,25H,12H2,1H3,(H,23,27). The number of carbonyl (C=O) groups is 1. The minimum Gasteiger partial charge on any atom is -0.343 e. The molecule has 0 aliphatic rings. The van der Waals surface area contributed by atoms with Crippen molar-refractivity contribution in [1.29, 1.82) is 0 Å². The Labute approximate surface area is 170 Å². The Balaban J connectivity index is 1.81. The average Bonchev–Trinajstić information content (AvgIpc) is 3.11. The number of anilines is 1. The smallest absolute Gasteiger partial charge is 0.343 e. The van der Waals surface area contributed by atoms with E-state index in [9.17, 15) is 26.4 Å². The number of halogens is 3. The van der Waals surface area contributed by atoms with E-state index in [1.54, 1.807) is 46.5 Å². The number of sulfonamides is 1. The third-order valence-electron chi connectivity index (χ3n) is 4.03. The van der Waals surface area contributed by atoms with Crippen LogP contribution in [0.5, 0.6) is 0 Å². The highest BCUT2D eigenvalue weighted by Gasteiger charge is 2.28. The molecule has 1 heterocycles. The molecule has 0 radical (unpaired) electrons. The zero-order valence-electron chi connectivity index (χ0n) is 15.6. The predicted molar refractivity (Wildman–Crippen MR) is 104 cm³/mol. The number of rotatable bonds is 6. The lowest BCUT2D eigenvalue weighted by Crippen LogP contribution is -2.33. The molecule has 1 amide bonds. The molecule has 11 heteroatoms. The molecule has 7 nitrogen and oxygen atoms in total. The first-order chi connectivity index (χ1) is 14.0. The number of nitrogens with one attached hydrogen (secondary N) is 2. The summed E-state index contributed by atoms with van der Waals surface area (Å²) in [5, 5.41) is 5.87. The molecule has 0 atom stereocenters. The first-order valence-corrected chi connectivity index (χ1v) is 10.1. The van der Waals surface area contributed by atoms with E-state index in [1.807, 2.05) is 6.92 Å². The molecule has 0 fully saturated rings. The van der Waals surface area contributed by atoms with Crippen molar-refractivity contribution in [2.24, 2.45) is 0 Å². The molecule has 2 aromatic carbocycles. The maximum Gasteiger partial charge on any atom is 0.405 e. The van der Waals surface area contributed by atoms with Crippen molar-refractivity contribution < 1.29 is 26.4 Å². The summed E-state index contributed by atoms with van der Waals surface area (Å²) >= 11 is 0. The first kappa shape index (κ1) is 21.4. The summed E-state index contributed by atoms with van der Waals surface area (Å²) in [7, 11) is -4.09. The van der Waals surface area contributed by atoms with Crippen molar-refractivity contribution in [1.82, 2.24) is 15.1 Å². The van der Waals surface area contributed by atoms with E-state index in [0.717, 1.165) is 11.8 Å². The average molecular weight is 438 g/mol. The van der Waals surface area contributed by atoms with Gasteiger partial charge in [0.2, 0.25) is 0 Å². The molecular formula is C19H17F3N4O3S. The van der Waals surface area contributed by atoms with Gasteiger partial charge in [0.25, 0.3) is 15.9 Å². The summed E-state index contributed by atoms with van der Waals surface area (Å²) in [6.07, 6.45) is -2.96. The van der Waals surface area contributed by atoms with E-state index < -0.39 is 28.7 Å². The number of carbonyl (C=O) groups excluding carboxylic acids is 1. The molecule has 0 aliphatic carbocycles. The molecule has 3 rings (SSSR count). The lowest BCUT2D eigenvalue weighted by Gasteiger charge is -2.12. The Morgan fingerprint density at radius 1 is 1.10 bits per heavy atom. The Bertz CT molecular complexity index is 1170. The van der Waals surface area contributed by atoms with Crippen LogP contribution in [-0.2, 0) is 10.0 Å². The molecule has 158 valence electrons. The highest BCUT2D eigenvalue weighted by molar-refractivity contribution is 7.92. The van der Waals surface area contributed by atoms with Gasteiger partial charge in [-0.2, -0.15) is 18.3 Å². The second-order valence-corrected chi connectivity index (χ2v) is 8.05. The quantitative estimate of drug-likeness (QED) is 0.618. The molecule has 30 heavy (non-hydrogen) atoms. The van der Waals surface area contributed by atoms with Crippen molar-refractivity contribution in [2.75, 3.05) is 11.3 Å². The Kier molecular flexibility index (Phi) is 5.83. The van der Waals surface area contributed by atoms with Crippen LogP contribution in [0.2, 0.25) is 0 Å². The maximum absolute atomic E-state index is 12.7. The fourth-order valence-electron chi connectivity index (χ4n) is 2.64. The van der Waals surface area contributed by atoms with E-state index in [2.05, 4.69) is 9.82 Å². The van der Waals surface area contributed by atoms with Crippen LogP contribution in [0.1, 0.15) is 16.1 Å². The number of aryl methyl sites for hydroxylation is 1. The minimum absolute atomic E-state index is 0.206. The minimum atomic E-state index is -4.57. The van der Waals surface area contributed by atoms with Gasteiger partial charge in [-0.25, -0.2) is 13.1 Å². The van der Waals surface area contributed by atoms with Gasteiger partial charge < -0.3 is 5.32 Å². The topological polar surface area (TPSA) is 93.1 Å². The summed E-state index contributed by atoms with van der Waals surface area (Å²) in [6, 6.07) is 13.1. The summed E-state index contributed by atoms with van der Waals surface area (Å²) in [4.78, 5) is 11.6. The Hall–Kier alpha value is -3.34. The van der Waals surface area contributed by atoms with E-state index in [1.165, 1.54) is 18.2 Å². The normalized spacial score (nSPS) is 11.9. The van der Waals surface area contributed by atoms with Crippen LogP contribution in [0, 0.1) is 6.92 Å². The van der Waals surface area contributed by atoms with E-state index in [4.69, 9.17) is 0 Å². The largest absolute Gasteiger partial charge is 0.405 e. The summed E-state index contributed by atoms with van der Waals surface area (Å²) in [5.74, 6) is -1.03. The number of alkyl halides is 3. The van der Waals surface area contributed by atoms with Gasteiger partial charge in [0.1, 0.15) is 6.54 Å². The third-order valence-corrected chi connectivity index (χ3v) is 5.41. The molecule has 2 N–H and O–H groups in total. The van der Waals surface area contributed by atoms with Crippen LogP contribution < -0.4 is 10.0 Å². The van der Waals surface area contributed by atoms with Crippen molar-refractivity contribution >= 4 is 21.6 Å². The molecule has 3 aromatic rings. The van der Waals surface area contributed by atoms with Crippen molar-refractivity contribution in [3.63, 3.8) is 0 Å². The number of benzene rings is 2. The summed E-state index contributed by atoms with van der Waals surface area (Å²) in [6.45, 7) is 0.333. The molecule has 0 bridgehead atoms. The van der Waals surface area contributed by atoms with Crippen LogP contribution in [0.4, 0.5) is 18.9 Å². The Morgan fingerprint density at radius 3 is 2.50 bits per heavy atom. The van der Waals surface area contributed by atoms with Crippen LogP contribution in [0.15, 0.2) is 65.7 Å². The molecule has 0 aliphatic heterocycles. The third kappa shape index (κ3) is 5.17. The zero-order chi connectivity index (χ0) is 21.9. The van der Waals surface area contributed by atoms with Gasteiger partial charge in [0.15, 0.2) is 0 Å². The predicted octanol–water partition coefficient (Wildman–Crippen LogP) is 3.27. The van der Waals surface area contributed by atoms with Gasteiger partial charge in [0.05, 0.1) is 16.3 Å². The highest BCUT2D eigenvalue weighted by atomic mass is 32.2. The van der Waals surface area contributed by atoms with Crippen LogP contribution >= 0.6 is 0 Å². The molecule has 0 saturated heterocycles. The maximum atomic E-state index is 12.7. The van der Waals surface area contributed by atoms with Gasteiger partial charge in [-0.3, -0.25) is 9.52 Å². The SMILES string of the molecule is Cc1ccnn1-c1cccc(NS(=O)(=O)c2cccc(C(=O)NCC(F)(F)F)c2)c1. The molecule has 1 aromatic heterocycles.